The molecule has 0 aliphatic heterocycles. The fourth-order valence-electron chi connectivity index (χ4n) is 2.87. The second-order valence-corrected chi connectivity index (χ2v) is 6.51. The van der Waals surface area contributed by atoms with Gasteiger partial charge >= 0.3 is 0 Å². The Balaban J connectivity index is 1.88. The van der Waals surface area contributed by atoms with Crippen LogP contribution in [0.2, 0.25) is 0 Å². The molecular weight excluding hydrogens is 422 g/mol. The van der Waals surface area contributed by atoms with Crippen LogP contribution in [0.25, 0.3) is 0 Å². The van der Waals surface area contributed by atoms with Gasteiger partial charge in [0.15, 0.2) is 0 Å². The van der Waals surface area contributed by atoms with E-state index in [1.165, 1.54) is 63.8 Å². The molecule has 0 radical (unpaired) electrons. The highest BCUT2D eigenvalue weighted by molar-refractivity contribution is 6.10. The Morgan fingerprint density at radius 1 is 0.688 bits per heavy atom. The van der Waals surface area contributed by atoms with Crippen LogP contribution < -0.4 is 24.8 Å². The summed E-state index contributed by atoms with van der Waals surface area (Å²) in [5, 5.41) is 4.87. The number of anilines is 2. The van der Waals surface area contributed by atoms with Crippen LogP contribution in [0.5, 0.6) is 17.2 Å². The lowest BCUT2D eigenvalue weighted by molar-refractivity contribution is 0.102. The van der Waals surface area contributed by atoms with Crippen molar-refractivity contribution in [3.63, 3.8) is 0 Å². The van der Waals surface area contributed by atoms with E-state index in [2.05, 4.69) is 10.6 Å². The van der Waals surface area contributed by atoms with Gasteiger partial charge in [0.1, 0.15) is 28.9 Å². The largest absolute Gasteiger partial charge is 0.497 e. The molecule has 0 bridgehead atoms. The summed E-state index contributed by atoms with van der Waals surface area (Å²) in [5.74, 6) is -1.83. The number of methoxy groups -OCH3 is 3. The molecule has 3 rings (SSSR count). The monoisotopic (exact) mass is 442 g/mol. The molecule has 3 aromatic rings. The van der Waals surface area contributed by atoms with Crippen molar-refractivity contribution in [2.75, 3.05) is 32.0 Å². The van der Waals surface area contributed by atoms with E-state index in [0.717, 1.165) is 12.1 Å². The van der Waals surface area contributed by atoms with Gasteiger partial charge in [0.25, 0.3) is 11.8 Å². The van der Waals surface area contributed by atoms with Gasteiger partial charge in [-0.15, -0.1) is 0 Å². The third kappa shape index (κ3) is 4.94. The van der Waals surface area contributed by atoms with Gasteiger partial charge in [-0.2, -0.15) is 0 Å². The zero-order chi connectivity index (χ0) is 23.3. The first kappa shape index (κ1) is 22.5. The zero-order valence-corrected chi connectivity index (χ0v) is 17.5. The van der Waals surface area contributed by atoms with Crippen LogP contribution in [0.1, 0.15) is 20.7 Å². The molecule has 2 N–H and O–H groups in total. The van der Waals surface area contributed by atoms with Gasteiger partial charge in [0, 0.05) is 17.7 Å². The van der Waals surface area contributed by atoms with E-state index >= 15 is 0 Å². The fourth-order valence-corrected chi connectivity index (χ4v) is 2.87. The van der Waals surface area contributed by atoms with E-state index in [0.29, 0.717) is 11.5 Å². The molecule has 0 fully saturated rings. The van der Waals surface area contributed by atoms with Crippen molar-refractivity contribution in [2.24, 2.45) is 0 Å². The Bertz CT molecular complexity index is 1170. The van der Waals surface area contributed by atoms with E-state index in [9.17, 15) is 18.4 Å². The number of carbonyl (C=O) groups is 2. The second kappa shape index (κ2) is 9.78. The van der Waals surface area contributed by atoms with Crippen LogP contribution in [-0.4, -0.2) is 33.1 Å². The van der Waals surface area contributed by atoms with Gasteiger partial charge in [-0.1, -0.05) is 0 Å². The third-order valence-electron chi connectivity index (χ3n) is 4.55. The molecule has 7 nitrogen and oxygen atoms in total. The van der Waals surface area contributed by atoms with Gasteiger partial charge < -0.3 is 24.8 Å². The van der Waals surface area contributed by atoms with Crippen molar-refractivity contribution in [3.05, 3.63) is 77.4 Å². The number of hydrogen-bond donors (Lipinski definition) is 2. The molecule has 3 aromatic carbocycles. The van der Waals surface area contributed by atoms with Crippen LogP contribution in [0.3, 0.4) is 0 Å². The van der Waals surface area contributed by atoms with Crippen LogP contribution in [-0.2, 0) is 0 Å². The minimum Gasteiger partial charge on any atom is -0.497 e. The van der Waals surface area contributed by atoms with Crippen LogP contribution in [0, 0.1) is 11.6 Å². The van der Waals surface area contributed by atoms with Crippen molar-refractivity contribution in [3.8, 4) is 17.2 Å². The van der Waals surface area contributed by atoms with E-state index in [4.69, 9.17) is 14.2 Å². The first-order valence-corrected chi connectivity index (χ1v) is 9.34. The third-order valence-corrected chi connectivity index (χ3v) is 4.55. The predicted molar refractivity (Wildman–Crippen MR) is 115 cm³/mol. The summed E-state index contributed by atoms with van der Waals surface area (Å²) < 4.78 is 43.4. The lowest BCUT2D eigenvalue weighted by Crippen LogP contribution is -2.17. The normalized spacial score (nSPS) is 10.3. The second-order valence-electron chi connectivity index (χ2n) is 6.51. The molecule has 9 heteroatoms. The highest BCUT2D eigenvalue weighted by Gasteiger charge is 2.19. The van der Waals surface area contributed by atoms with E-state index in [-0.39, 0.29) is 28.3 Å². The van der Waals surface area contributed by atoms with Crippen molar-refractivity contribution in [2.45, 2.75) is 0 Å². The zero-order valence-electron chi connectivity index (χ0n) is 17.5. The molecule has 0 aliphatic rings. The Kier molecular flexibility index (Phi) is 6.89. The molecule has 0 aromatic heterocycles. The first-order valence-electron chi connectivity index (χ1n) is 9.34. The van der Waals surface area contributed by atoms with Crippen LogP contribution in [0.4, 0.5) is 20.2 Å². The van der Waals surface area contributed by atoms with E-state index < -0.39 is 23.4 Å². The average Bonchev–Trinajstić information content (AvgIpc) is 2.81. The summed E-state index contributed by atoms with van der Waals surface area (Å²) in [6.07, 6.45) is 0. The van der Waals surface area contributed by atoms with Gasteiger partial charge in [-0.3, -0.25) is 9.59 Å². The standard InChI is InChI=1S/C23H20F2N2O5/c1-30-14-5-7-17(24)19(11-14)26-22(28)13-4-9-21(32-3)16(10-13)23(29)27-20-12-15(31-2)6-8-18(20)25/h4-12H,1-3H3,(H,26,28)(H,27,29). The summed E-state index contributed by atoms with van der Waals surface area (Å²) in [7, 11) is 4.18. The summed E-state index contributed by atoms with van der Waals surface area (Å²) in [5.41, 5.74) is -0.155. The maximum atomic E-state index is 14.1. The smallest absolute Gasteiger partial charge is 0.259 e. The predicted octanol–water partition coefficient (Wildman–Crippen LogP) is 4.50. The quantitative estimate of drug-likeness (QED) is 0.563. The Morgan fingerprint density at radius 2 is 1.22 bits per heavy atom. The van der Waals surface area contributed by atoms with Crippen molar-refractivity contribution in [1.29, 1.82) is 0 Å². The topological polar surface area (TPSA) is 85.9 Å². The van der Waals surface area contributed by atoms with Gasteiger partial charge in [0.2, 0.25) is 0 Å². The highest BCUT2D eigenvalue weighted by atomic mass is 19.1. The Hall–Kier alpha value is -4.14. The molecule has 166 valence electrons. The number of halogens is 2. The van der Waals surface area contributed by atoms with Gasteiger partial charge in [-0.05, 0) is 42.5 Å². The maximum Gasteiger partial charge on any atom is 0.259 e. The van der Waals surface area contributed by atoms with Gasteiger partial charge in [-0.25, -0.2) is 8.78 Å². The molecule has 32 heavy (non-hydrogen) atoms. The van der Waals surface area contributed by atoms with Crippen molar-refractivity contribution < 1.29 is 32.6 Å². The number of carbonyl (C=O) groups excluding carboxylic acids is 2. The molecule has 0 heterocycles. The SMILES string of the molecule is COc1ccc(F)c(NC(=O)c2ccc(OC)c(C(=O)Nc3cc(OC)ccc3F)c2)c1. The van der Waals surface area contributed by atoms with Crippen LogP contribution >= 0.6 is 0 Å². The molecule has 0 atom stereocenters. The summed E-state index contributed by atoms with van der Waals surface area (Å²) in [6, 6.07) is 11.9. The maximum absolute atomic E-state index is 14.1. The summed E-state index contributed by atoms with van der Waals surface area (Å²) >= 11 is 0. The Labute approximate surface area is 182 Å². The van der Waals surface area contributed by atoms with Crippen molar-refractivity contribution >= 4 is 23.2 Å². The van der Waals surface area contributed by atoms with E-state index in [1.807, 2.05) is 0 Å². The van der Waals surface area contributed by atoms with Crippen LogP contribution in [0.15, 0.2) is 54.6 Å². The fraction of sp³-hybridized carbons (Fsp3) is 0.130. The highest BCUT2D eigenvalue weighted by Crippen LogP contribution is 2.26. The number of benzene rings is 3. The molecule has 0 aliphatic carbocycles. The summed E-state index contributed by atoms with van der Waals surface area (Å²) in [6.45, 7) is 0. The van der Waals surface area contributed by atoms with E-state index in [1.54, 1.807) is 0 Å². The molecular formula is C23H20F2N2O5. The lowest BCUT2D eigenvalue weighted by Gasteiger charge is -2.13. The number of nitrogens with one attached hydrogen (secondary N) is 2. The number of rotatable bonds is 7. The number of amides is 2. The molecule has 0 saturated heterocycles. The van der Waals surface area contributed by atoms with Gasteiger partial charge in [0.05, 0.1) is 38.3 Å². The molecule has 2 amide bonds. The lowest BCUT2D eigenvalue weighted by atomic mass is 10.1. The summed E-state index contributed by atoms with van der Waals surface area (Å²) in [4.78, 5) is 25.5. The van der Waals surface area contributed by atoms with Crippen molar-refractivity contribution in [1.82, 2.24) is 0 Å². The number of ether oxygens (including phenoxy) is 3. The molecule has 0 spiro atoms. The molecule has 0 saturated carbocycles. The minimum atomic E-state index is -0.712. The average molecular weight is 442 g/mol. The number of hydrogen-bond acceptors (Lipinski definition) is 5. The minimum absolute atomic E-state index is 0.0199. The Morgan fingerprint density at radius 3 is 1.72 bits per heavy atom. The first-order chi connectivity index (χ1) is 15.4. The molecule has 0 unspecified atom stereocenters.